The number of carbonyl (C=O) groups excluding carboxylic acids is 4. The van der Waals surface area contributed by atoms with E-state index >= 15 is 0 Å². The molecule has 0 aliphatic rings. The highest BCUT2D eigenvalue weighted by atomic mass is 16.6. The van der Waals surface area contributed by atoms with E-state index in [-0.39, 0.29) is 6.61 Å². The molecular weight excluding hydrogens is 244 g/mol. The SMILES string of the molecule is CCOC(=O)C(O)CC(=O)C(OC(C)=O)C(C)=O. The van der Waals surface area contributed by atoms with Crippen LogP contribution < -0.4 is 0 Å². The van der Waals surface area contributed by atoms with E-state index in [9.17, 15) is 24.3 Å². The van der Waals surface area contributed by atoms with Crippen molar-refractivity contribution in [3.63, 3.8) is 0 Å². The maximum absolute atomic E-state index is 11.6. The molecule has 0 rings (SSSR count). The van der Waals surface area contributed by atoms with Crippen LogP contribution >= 0.6 is 0 Å². The van der Waals surface area contributed by atoms with Crippen LogP contribution in [0.1, 0.15) is 27.2 Å². The zero-order chi connectivity index (χ0) is 14.3. The minimum atomic E-state index is -1.67. The van der Waals surface area contributed by atoms with Crippen molar-refractivity contribution in [2.24, 2.45) is 0 Å². The van der Waals surface area contributed by atoms with Crippen LogP contribution in [0.5, 0.6) is 0 Å². The highest BCUT2D eigenvalue weighted by Gasteiger charge is 2.30. The molecule has 0 fully saturated rings. The van der Waals surface area contributed by atoms with Crippen molar-refractivity contribution in [1.82, 2.24) is 0 Å². The molecule has 18 heavy (non-hydrogen) atoms. The van der Waals surface area contributed by atoms with Crippen molar-refractivity contribution in [1.29, 1.82) is 0 Å². The molecule has 0 radical (unpaired) electrons. The molecule has 0 saturated carbocycles. The summed E-state index contributed by atoms with van der Waals surface area (Å²) < 4.78 is 9.00. The van der Waals surface area contributed by atoms with E-state index in [2.05, 4.69) is 9.47 Å². The van der Waals surface area contributed by atoms with E-state index in [0.717, 1.165) is 13.8 Å². The van der Waals surface area contributed by atoms with Gasteiger partial charge in [0.25, 0.3) is 0 Å². The Morgan fingerprint density at radius 3 is 2.11 bits per heavy atom. The molecule has 7 nitrogen and oxygen atoms in total. The third-order valence-corrected chi connectivity index (χ3v) is 1.90. The Labute approximate surface area is 104 Å². The number of hydrogen-bond donors (Lipinski definition) is 1. The van der Waals surface area contributed by atoms with Crippen LogP contribution in [0.15, 0.2) is 0 Å². The van der Waals surface area contributed by atoms with Crippen LogP contribution in [0.3, 0.4) is 0 Å². The molecule has 2 unspecified atom stereocenters. The van der Waals surface area contributed by atoms with Crippen LogP contribution in [0, 0.1) is 0 Å². The highest BCUT2D eigenvalue weighted by molar-refractivity contribution is 6.06. The molecular formula is C11H16O7. The first-order valence-electron chi connectivity index (χ1n) is 5.34. The summed E-state index contributed by atoms with van der Waals surface area (Å²) in [5.74, 6) is -3.28. The molecule has 7 heteroatoms. The summed E-state index contributed by atoms with van der Waals surface area (Å²) in [6.45, 7) is 3.72. The summed E-state index contributed by atoms with van der Waals surface area (Å²) in [6.07, 6.45) is -3.91. The van der Waals surface area contributed by atoms with Crippen molar-refractivity contribution in [3.05, 3.63) is 0 Å². The smallest absolute Gasteiger partial charge is 0.335 e. The second-order valence-corrected chi connectivity index (χ2v) is 3.54. The second kappa shape index (κ2) is 7.54. The highest BCUT2D eigenvalue weighted by Crippen LogP contribution is 2.05. The molecule has 0 aromatic carbocycles. The van der Waals surface area contributed by atoms with Crippen molar-refractivity contribution in [3.8, 4) is 0 Å². The van der Waals surface area contributed by atoms with Gasteiger partial charge in [0.15, 0.2) is 17.7 Å². The molecule has 0 aromatic heterocycles. The van der Waals surface area contributed by atoms with E-state index in [0.29, 0.717) is 0 Å². The molecule has 0 amide bonds. The van der Waals surface area contributed by atoms with Gasteiger partial charge in [-0.25, -0.2) is 4.79 Å². The first-order valence-corrected chi connectivity index (χ1v) is 5.34. The Bertz CT molecular complexity index is 347. The predicted molar refractivity (Wildman–Crippen MR) is 58.5 cm³/mol. The first-order chi connectivity index (χ1) is 8.29. The van der Waals surface area contributed by atoms with Gasteiger partial charge in [-0.15, -0.1) is 0 Å². The normalized spacial score (nSPS) is 13.3. The van der Waals surface area contributed by atoms with Gasteiger partial charge >= 0.3 is 11.9 Å². The number of rotatable bonds is 7. The number of esters is 2. The second-order valence-electron chi connectivity index (χ2n) is 3.54. The van der Waals surface area contributed by atoms with Crippen molar-refractivity contribution >= 4 is 23.5 Å². The standard InChI is InChI=1S/C11H16O7/c1-4-17-11(16)9(15)5-8(14)10(6(2)12)18-7(3)13/h9-10,15H,4-5H2,1-3H3. The number of aliphatic hydroxyl groups is 1. The Morgan fingerprint density at radius 1 is 1.17 bits per heavy atom. The third kappa shape index (κ3) is 5.53. The number of ether oxygens (including phenoxy) is 2. The molecule has 1 N–H and O–H groups in total. The maximum Gasteiger partial charge on any atom is 0.335 e. The van der Waals surface area contributed by atoms with Crippen LogP contribution in [0.2, 0.25) is 0 Å². The lowest BCUT2D eigenvalue weighted by Crippen LogP contribution is -2.37. The number of aliphatic hydroxyl groups excluding tert-OH is 1. The monoisotopic (exact) mass is 260 g/mol. The summed E-state index contributed by atoms with van der Waals surface area (Å²) in [5, 5.41) is 9.34. The fraction of sp³-hybridized carbons (Fsp3) is 0.636. The Balaban J connectivity index is 4.56. The minimum absolute atomic E-state index is 0.0597. The molecule has 102 valence electrons. The zero-order valence-electron chi connectivity index (χ0n) is 10.5. The van der Waals surface area contributed by atoms with Gasteiger partial charge in [0.2, 0.25) is 6.10 Å². The van der Waals surface area contributed by atoms with Crippen LogP contribution in [0.4, 0.5) is 0 Å². The van der Waals surface area contributed by atoms with Gasteiger partial charge in [-0.05, 0) is 13.8 Å². The lowest BCUT2D eigenvalue weighted by molar-refractivity contribution is -0.161. The van der Waals surface area contributed by atoms with Crippen LogP contribution in [-0.2, 0) is 28.7 Å². The Morgan fingerprint density at radius 2 is 1.72 bits per heavy atom. The van der Waals surface area contributed by atoms with Crippen LogP contribution in [0.25, 0.3) is 0 Å². The summed E-state index contributed by atoms with van der Waals surface area (Å²) in [7, 11) is 0. The largest absolute Gasteiger partial charge is 0.464 e. The average molecular weight is 260 g/mol. The van der Waals surface area contributed by atoms with Gasteiger partial charge in [-0.2, -0.15) is 0 Å². The summed E-state index contributed by atoms with van der Waals surface area (Å²) in [4.78, 5) is 44.5. The number of hydrogen-bond acceptors (Lipinski definition) is 7. The minimum Gasteiger partial charge on any atom is -0.464 e. The van der Waals surface area contributed by atoms with Crippen LogP contribution in [-0.4, -0.2) is 47.4 Å². The van der Waals surface area contributed by atoms with E-state index < -0.39 is 42.1 Å². The first kappa shape index (κ1) is 16.2. The molecule has 2 atom stereocenters. The van der Waals surface area contributed by atoms with Crippen molar-refractivity contribution in [2.75, 3.05) is 6.61 Å². The zero-order valence-corrected chi connectivity index (χ0v) is 10.5. The van der Waals surface area contributed by atoms with E-state index in [1.54, 1.807) is 6.92 Å². The van der Waals surface area contributed by atoms with Gasteiger partial charge in [0.05, 0.1) is 6.61 Å². The predicted octanol–water partition coefficient (Wildman–Crippen LogP) is -0.610. The van der Waals surface area contributed by atoms with Gasteiger partial charge in [0.1, 0.15) is 0 Å². The van der Waals surface area contributed by atoms with Gasteiger partial charge in [-0.1, -0.05) is 0 Å². The molecule has 0 bridgehead atoms. The van der Waals surface area contributed by atoms with Crippen molar-refractivity contribution < 1.29 is 33.8 Å². The van der Waals surface area contributed by atoms with Gasteiger partial charge < -0.3 is 14.6 Å². The van der Waals surface area contributed by atoms with Gasteiger partial charge in [-0.3, -0.25) is 14.4 Å². The number of carbonyl (C=O) groups is 4. The summed E-state index contributed by atoms with van der Waals surface area (Å²) in [6, 6.07) is 0. The fourth-order valence-corrected chi connectivity index (χ4v) is 1.16. The van der Waals surface area contributed by atoms with Gasteiger partial charge in [0, 0.05) is 13.3 Å². The fourth-order valence-electron chi connectivity index (χ4n) is 1.16. The van der Waals surface area contributed by atoms with Crippen molar-refractivity contribution in [2.45, 2.75) is 39.4 Å². The van der Waals surface area contributed by atoms with E-state index in [1.807, 2.05) is 0 Å². The lowest BCUT2D eigenvalue weighted by Gasteiger charge is -2.14. The van der Waals surface area contributed by atoms with E-state index in [1.165, 1.54) is 0 Å². The molecule has 0 saturated heterocycles. The molecule has 0 aromatic rings. The van der Waals surface area contributed by atoms with E-state index in [4.69, 9.17) is 0 Å². The number of Topliss-reactive ketones (excluding diaryl/α,β-unsaturated/α-hetero) is 2. The summed E-state index contributed by atoms with van der Waals surface area (Å²) in [5.41, 5.74) is 0. The summed E-state index contributed by atoms with van der Waals surface area (Å²) >= 11 is 0. The molecule has 0 aliphatic carbocycles. The quantitative estimate of drug-likeness (QED) is 0.480. The molecule has 0 spiro atoms. The number of ketones is 2. The Hall–Kier alpha value is -1.76. The topological polar surface area (TPSA) is 107 Å². The molecule has 0 aliphatic heterocycles. The average Bonchev–Trinajstić information content (AvgIpc) is 2.25. The third-order valence-electron chi connectivity index (χ3n) is 1.90. The lowest BCUT2D eigenvalue weighted by atomic mass is 10.1. The molecule has 0 heterocycles. The Kier molecular flexibility index (Phi) is 6.81. The maximum atomic E-state index is 11.6.